The van der Waals surface area contributed by atoms with Gasteiger partial charge in [0.25, 0.3) is 0 Å². The van der Waals surface area contributed by atoms with Crippen molar-refractivity contribution in [3.63, 3.8) is 0 Å². The van der Waals surface area contributed by atoms with Crippen LogP contribution in [0.25, 0.3) is 0 Å². The Hall–Kier alpha value is 0.01000. The highest BCUT2D eigenvalue weighted by Gasteiger charge is 2.15. The SMILES string of the molecule is c1cc([C@@H]2NCCS2)cs1. The van der Waals surface area contributed by atoms with Crippen molar-refractivity contribution in [2.24, 2.45) is 0 Å². The highest BCUT2D eigenvalue weighted by atomic mass is 32.2. The molecule has 1 fully saturated rings. The molecule has 54 valence electrons. The van der Waals surface area contributed by atoms with E-state index in [1.54, 1.807) is 11.3 Å². The van der Waals surface area contributed by atoms with Crippen molar-refractivity contribution in [2.45, 2.75) is 5.37 Å². The third-order valence-electron chi connectivity index (χ3n) is 1.56. The van der Waals surface area contributed by atoms with E-state index in [9.17, 15) is 0 Å². The fraction of sp³-hybridized carbons (Fsp3) is 0.429. The van der Waals surface area contributed by atoms with Gasteiger partial charge in [-0.15, -0.1) is 11.8 Å². The molecule has 2 rings (SSSR count). The molecule has 2 heterocycles. The monoisotopic (exact) mass is 171 g/mol. The topological polar surface area (TPSA) is 12.0 Å². The Morgan fingerprint density at radius 3 is 3.20 bits per heavy atom. The van der Waals surface area contributed by atoms with Crippen LogP contribution in [0.1, 0.15) is 10.9 Å². The van der Waals surface area contributed by atoms with E-state index in [0.717, 1.165) is 6.54 Å². The summed E-state index contributed by atoms with van der Waals surface area (Å²) in [6.07, 6.45) is 0. The van der Waals surface area contributed by atoms with Crippen molar-refractivity contribution >= 4 is 23.1 Å². The highest BCUT2D eigenvalue weighted by molar-refractivity contribution is 7.99. The van der Waals surface area contributed by atoms with Gasteiger partial charge in [-0.3, -0.25) is 0 Å². The molecule has 0 aromatic carbocycles. The van der Waals surface area contributed by atoms with Gasteiger partial charge in [0.1, 0.15) is 0 Å². The summed E-state index contributed by atoms with van der Waals surface area (Å²) in [6.45, 7) is 1.16. The quantitative estimate of drug-likeness (QED) is 0.694. The third kappa shape index (κ3) is 1.21. The van der Waals surface area contributed by atoms with Crippen molar-refractivity contribution in [1.29, 1.82) is 0 Å². The van der Waals surface area contributed by atoms with Gasteiger partial charge in [-0.2, -0.15) is 11.3 Å². The van der Waals surface area contributed by atoms with Gasteiger partial charge in [-0.25, -0.2) is 0 Å². The van der Waals surface area contributed by atoms with Crippen molar-refractivity contribution in [3.05, 3.63) is 22.4 Å². The first kappa shape index (κ1) is 6.70. The van der Waals surface area contributed by atoms with Crippen LogP contribution in [0.3, 0.4) is 0 Å². The lowest BCUT2D eigenvalue weighted by atomic mass is 10.3. The van der Waals surface area contributed by atoms with Crippen LogP contribution < -0.4 is 5.32 Å². The Morgan fingerprint density at radius 2 is 2.60 bits per heavy atom. The van der Waals surface area contributed by atoms with Crippen molar-refractivity contribution < 1.29 is 0 Å². The molecule has 0 aliphatic carbocycles. The molecule has 0 radical (unpaired) electrons. The van der Waals surface area contributed by atoms with Crippen LogP contribution in [0.15, 0.2) is 16.8 Å². The molecule has 0 amide bonds. The van der Waals surface area contributed by atoms with Crippen LogP contribution in [-0.2, 0) is 0 Å². The second kappa shape index (κ2) is 2.95. The molecule has 0 unspecified atom stereocenters. The minimum Gasteiger partial charge on any atom is -0.301 e. The van der Waals surface area contributed by atoms with E-state index >= 15 is 0 Å². The highest BCUT2D eigenvalue weighted by Crippen LogP contribution is 2.30. The second-order valence-electron chi connectivity index (χ2n) is 2.26. The number of thiophene rings is 1. The van der Waals surface area contributed by atoms with E-state index in [-0.39, 0.29) is 0 Å². The summed E-state index contributed by atoms with van der Waals surface area (Å²) in [5.41, 5.74) is 1.44. The Bertz CT molecular complexity index is 189. The first-order valence-electron chi connectivity index (χ1n) is 3.34. The maximum absolute atomic E-state index is 3.43. The van der Waals surface area contributed by atoms with E-state index in [0.29, 0.717) is 5.37 Å². The first-order chi connectivity index (χ1) is 4.97. The Balaban J connectivity index is 2.12. The molecule has 1 saturated heterocycles. The summed E-state index contributed by atoms with van der Waals surface area (Å²) < 4.78 is 0. The van der Waals surface area contributed by atoms with Gasteiger partial charge in [0, 0.05) is 12.3 Å². The molecule has 1 aliphatic rings. The van der Waals surface area contributed by atoms with Gasteiger partial charge in [-0.1, -0.05) is 0 Å². The molecule has 0 bridgehead atoms. The van der Waals surface area contributed by atoms with E-state index in [4.69, 9.17) is 0 Å². The predicted octanol–water partition coefficient (Wildman–Crippen LogP) is 2.08. The van der Waals surface area contributed by atoms with Gasteiger partial charge in [-0.05, 0) is 22.4 Å². The first-order valence-corrected chi connectivity index (χ1v) is 5.33. The Kier molecular flexibility index (Phi) is 1.97. The normalized spacial score (nSPS) is 25.4. The zero-order valence-corrected chi connectivity index (χ0v) is 7.17. The van der Waals surface area contributed by atoms with E-state index in [2.05, 4.69) is 22.1 Å². The zero-order chi connectivity index (χ0) is 6.81. The molecular formula is C7H9NS2. The second-order valence-corrected chi connectivity index (χ2v) is 4.25. The number of thioether (sulfide) groups is 1. The van der Waals surface area contributed by atoms with Gasteiger partial charge in [0.2, 0.25) is 0 Å². The molecule has 1 N–H and O–H groups in total. The summed E-state index contributed by atoms with van der Waals surface area (Å²) in [5, 5.41) is 8.36. The average molecular weight is 171 g/mol. The van der Waals surface area contributed by atoms with Crippen LogP contribution in [0.2, 0.25) is 0 Å². The Labute approximate surface area is 68.8 Å². The largest absolute Gasteiger partial charge is 0.301 e. The lowest BCUT2D eigenvalue weighted by molar-refractivity contribution is 0.753. The molecule has 1 aromatic rings. The number of hydrogen-bond donors (Lipinski definition) is 1. The molecule has 3 heteroatoms. The van der Waals surface area contributed by atoms with Gasteiger partial charge >= 0.3 is 0 Å². The van der Waals surface area contributed by atoms with Crippen LogP contribution >= 0.6 is 23.1 Å². The molecule has 0 spiro atoms. The van der Waals surface area contributed by atoms with Gasteiger partial charge in [0.15, 0.2) is 0 Å². The lowest BCUT2D eigenvalue weighted by Crippen LogP contribution is -2.10. The fourth-order valence-electron chi connectivity index (χ4n) is 1.06. The van der Waals surface area contributed by atoms with E-state index in [1.165, 1.54) is 11.3 Å². The Morgan fingerprint density at radius 1 is 1.60 bits per heavy atom. The van der Waals surface area contributed by atoms with Gasteiger partial charge in [0.05, 0.1) is 5.37 Å². The fourth-order valence-corrected chi connectivity index (χ4v) is 2.88. The maximum atomic E-state index is 3.43. The molecule has 1 aromatic heterocycles. The van der Waals surface area contributed by atoms with Crippen LogP contribution in [0, 0.1) is 0 Å². The van der Waals surface area contributed by atoms with Crippen LogP contribution in [0.5, 0.6) is 0 Å². The molecule has 10 heavy (non-hydrogen) atoms. The predicted molar refractivity (Wildman–Crippen MR) is 47.5 cm³/mol. The summed E-state index contributed by atoms with van der Waals surface area (Å²) in [4.78, 5) is 0. The minimum absolute atomic E-state index is 0.575. The number of rotatable bonds is 1. The zero-order valence-electron chi connectivity index (χ0n) is 5.54. The molecule has 1 nitrogen and oxygen atoms in total. The summed E-state index contributed by atoms with van der Waals surface area (Å²) in [6, 6.07) is 2.20. The van der Waals surface area contributed by atoms with Crippen LogP contribution in [-0.4, -0.2) is 12.3 Å². The van der Waals surface area contributed by atoms with E-state index < -0.39 is 0 Å². The lowest BCUT2D eigenvalue weighted by Gasteiger charge is -2.04. The smallest absolute Gasteiger partial charge is 0.0798 e. The van der Waals surface area contributed by atoms with Crippen molar-refractivity contribution in [2.75, 3.05) is 12.3 Å². The number of nitrogens with one attached hydrogen (secondary N) is 1. The van der Waals surface area contributed by atoms with Crippen molar-refractivity contribution in [3.8, 4) is 0 Å². The summed E-state index contributed by atoms with van der Waals surface area (Å²) >= 11 is 3.77. The molecule has 1 aliphatic heterocycles. The van der Waals surface area contributed by atoms with Crippen molar-refractivity contribution in [1.82, 2.24) is 5.32 Å². The summed E-state index contributed by atoms with van der Waals surface area (Å²) in [5.74, 6) is 1.25. The van der Waals surface area contributed by atoms with Crippen LogP contribution in [0.4, 0.5) is 0 Å². The standard InChI is InChI=1S/C7H9NS2/c1-3-9-5-6(1)7-8-2-4-10-7/h1,3,5,7-8H,2,4H2/t7-/m1/s1. The summed E-state index contributed by atoms with van der Waals surface area (Å²) in [7, 11) is 0. The van der Waals surface area contributed by atoms with Gasteiger partial charge < -0.3 is 5.32 Å². The maximum Gasteiger partial charge on any atom is 0.0798 e. The van der Waals surface area contributed by atoms with E-state index in [1.807, 2.05) is 11.8 Å². The average Bonchev–Trinajstić information content (AvgIpc) is 2.59. The number of hydrogen-bond acceptors (Lipinski definition) is 3. The minimum atomic E-state index is 0.575. The molecular weight excluding hydrogens is 162 g/mol. The third-order valence-corrected chi connectivity index (χ3v) is 3.48. The molecule has 0 saturated carbocycles. The molecule has 1 atom stereocenters.